The Labute approximate surface area is 482 Å². The van der Waals surface area contributed by atoms with Crippen molar-refractivity contribution in [3.8, 4) is 0 Å². The number of nitrogens with one attached hydrogen (secondary N) is 1. The summed E-state index contributed by atoms with van der Waals surface area (Å²) in [6, 6.07) is -0.544. The maximum atomic E-state index is 12.5. The van der Waals surface area contributed by atoms with Crippen LogP contribution in [0.3, 0.4) is 0 Å². The van der Waals surface area contributed by atoms with E-state index in [1.807, 2.05) is 0 Å². The molecule has 77 heavy (non-hydrogen) atoms. The molecule has 0 saturated carbocycles. The molecule has 0 aromatic heterocycles. The molecule has 0 radical (unpaired) electrons. The van der Waals surface area contributed by atoms with E-state index in [0.29, 0.717) is 25.9 Å². The van der Waals surface area contributed by atoms with Gasteiger partial charge in [-0.3, -0.25) is 9.59 Å². The number of unbranched alkanes of at least 4 members (excludes halogenated alkanes) is 54. The minimum Gasteiger partial charge on any atom is -0.466 e. The lowest BCUT2D eigenvalue weighted by molar-refractivity contribution is -0.143. The first kappa shape index (κ1) is 75.6. The minimum atomic E-state index is -0.667. The number of carbonyl (C=O) groups excluding carboxylic acids is 2. The Morgan fingerprint density at radius 1 is 0.351 bits per heavy atom. The van der Waals surface area contributed by atoms with Crippen molar-refractivity contribution >= 4 is 11.9 Å². The van der Waals surface area contributed by atoms with Gasteiger partial charge >= 0.3 is 5.97 Å². The molecule has 6 heteroatoms. The average molecular weight is 1090 g/mol. The molecule has 0 heterocycles. The van der Waals surface area contributed by atoms with E-state index in [4.69, 9.17) is 4.74 Å². The molecule has 0 aliphatic carbocycles. The van der Waals surface area contributed by atoms with E-state index in [-0.39, 0.29) is 18.5 Å². The predicted octanol–water partition coefficient (Wildman–Crippen LogP) is 22.8. The number of aliphatic hydroxyl groups excluding tert-OH is 2. The van der Waals surface area contributed by atoms with Crippen LogP contribution < -0.4 is 5.32 Å². The van der Waals surface area contributed by atoms with Crippen molar-refractivity contribution in [2.75, 3.05) is 13.2 Å². The fourth-order valence-electron chi connectivity index (χ4n) is 11.4. The summed E-state index contributed by atoms with van der Waals surface area (Å²) in [6.07, 6.45) is 82.6. The Balaban J connectivity index is 3.39. The summed E-state index contributed by atoms with van der Waals surface area (Å²) in [7, 11) is 0. The maximum absolute atomic E-state index is 12.5. The highest BCUT2D eigenvalue weighted by Gasteiger charge is 2.20. The highest BCUT2D eigenvalue weighted by atomic mass is 16.5. The molecule has 0 aliphatic rings. The zero-order valence-electron chi connectivity index (χ0n) is 52.5. The molecule has 0 rings (SSSR count). The predicted molar refractivity (Wildman–Crippen MR) is 338 cm³/mol. The number of allylic oxidation sites excluding steroid dienone is 2. The quantitative estimate of drug-likeness (QED) is 0.0320. The number of ether oxygens (including phenoxy) is 1. The number of amides is 1. The zero-order chi connectivity index (χ0) is 55.7. The summed E-state index contributed by atoms with van der Waals surface area (Å²) < 4.78 is 5.49. The Morgan fingerprint density at radius 2 is 0.610 bits per heavy atom. The van der Waals surface area contributed by atoms with Crippen LogP contribution in [-0.2, 0) is 14.3 Å². The molecule has 0 aliphatic heterocycles. The molecule has 1 amide bonds. The second-order valence-electron chi connectivity index (χ2n) is 24.6. The van der Waals surface area contributed by atoms with Crippen molar-refractivity contribution in [2.45, 2.75) is 418 Å². The number of hydrogen-bond donors (Lipinski definition) is 3. The van der Waals surface area contributed by atoms with E-state index in [2.05, 4.69) is 31.3 Å². The topological polar surface area (TPSA) is 95.9 Å². The summed E-state index contributed by atoms with van der Waals surface area (Å²) in [5.41, 5.74) is 0. The summed E-state index contributed by atoms with van der Waals surface area (Å²) in [5, 5.41) is 23.4. The van der Waals surface area contributed by atoms with Crippen LogP contribution in [0.4, 0.5) is 0 Å². The van der Waals surface area contributed by atoms with Crippen LogP contribution in [0.5, 0.6) is 0 Å². The van der Waals surface area contributed by atoms with Crippen LogP contribution in [0.15, 0.2) is 12.2 Å². The van der Waals surface area contributed by atoms with Crippen molar-refractivity contribution in [3.05, 3.63) is 12.2 Å². The standard InChI is InChI=1S/C71H139NO5/c1-3-5-7-9-11-13-15-17-18-19-20-21-27-30-33-36-40-43-47-51-55-59-63-69(74)68(67-73)72-70(75)64-60-56-52-48-44-41-37-34-31-28-25-23-22-24-26-29-32-35-38-42-46-50-54-58-62-66-77-71(76)65-61-57-53-49-45-39-16-14-12-10-8-6-4-2/h23,25,68-69,73-74H,3-22,24,26-67H2,1-2H3,(H,72,75)/b25-23-. The van der Waals surface area contributed by atoms with Crippen molar-refractivity contribution in [3.63, 3.8) is 0 Å². The Kier molecular flexibility index (Phi) is 65.9. The molecule has 458 valence electrons. The summed E-state index contributed by atoms with van der Waals surface area (Å²) in [6.45, 7) is 5.00. The van der Waals surface area contributed by atoms with E-state index in [1.165, 1.54) is 334 Å². The maximum Gasteiger partial charge on any atom is 0.305 e. The van der Waals surface area contributed by atoms with Gasteiger partial charge in [0.15, 0.2) is 0 Å². The molecule has 6 nitrogen and oxygen atoms in total. The van der Waals surface area contributed by atoms with E-state index < -0.39 is 12.1 Å². The molecule has 0 aromatic rings. The third kappa shape index (κ3) is 63.6. The smallest absolute Gasteiger partial charge is 0.305 e. The van der Waals surface area contributed by atoms with E-state index in [1.54, 1.807) is 0 Å². The summed E-state index contributed by atoms with van der Waals surface area (Å²) in [4.78, 5) is 24.6. The van der Waals surface area contributed by atoms with Gasteiger partial charge in [-0.05, 0) is 51.4 Å². The molecule has 0 fully saturated rings. The third-order valence-corrected chi connectivity index (χ3v) is 16.8. The average Bonchev–Trinajstić information content (AvgIpc) is 3.43. The SMILES string of the molecule is CCCCCCCCCCCCCCCCCCCCCCCCC(O)C(CO)NC(=O)CCCCCCCCCCC/C=C\CCCCCCCCCCCCCCOC(=O)CCCCCCCCCCCCCCC. The monoisotopic (exact) mass is 1090 g/mol. The number of carbonyl (C=O) groups is 2. The van der Waals surface area contributed by atoms with Crippen LogP contribution in [0.25, 0.3) is 0 Å². The Morgan fingerprint density at radius 3 is 0.922 bits per heavy atom. The van der Waals surface area contributed by atoms with Gasteiger partial charge in [0, 0.05) is 12.8 Å². The van der Waals surface area contributed by atoms with E-state index in [0.717, 1.165) is 38.5 Å². The van der Waals surface area contributed by atoms with Gasteiger partial charge in [-0.15, -0.1) is 0 Å². The molecule has 0 spiro atoms. The number of aliphatic hydroxyl groups is 2. The minimum absolute atomic E-state index is 0.0161. The molecular weight excluding hydrogens is 947 g/mol. The van der Waals surface area contributed by atoms with Crippen molar-refractivity contribution < 1.29 is 24.5 Å². The first-order valence-corrected chi connectivity index (χ1v) is 35.4. The van der Waals surface area contributed by atoms with Crippen LogP contribution in [-0.4, -0.2) is 47.4 Å². The molecule has 0 saturated heterocycles. The molecular formula is C71H139NO5. The highest BCUT2D eigenvalue weighted by molar-refractivity contribution is 5.76. The van der Waals surface area contributed by atoms with Crippen LogP contribution in [0, 0.1) is 0 Å². The highest BCUT2D eigenvalue weighted by Crippen LogP contribution is 2.19. The van der Waals surface area contributed by atoms with Gasteiger partial charge in [-0.25, -0.2) is 0 Å². The van der Waals surface area contributed by atoms with Crippen molar-refractivity contribution in [2.24, 2.45) is 0 Å². The van der Waals surface area contributed by atoms with Gasteiger partial charge in [0.05, 0.1) is 25.4 Å². The molecule has 3 N–H and O–H groups in total. The lowest BCUT2D eigenvalue weighted by Crippen LogP contribution is -2.45. The number of hydrogen-bond acceptors (Lipinski definition) is 5. The van der Waals surface area contributed by atoms with Gasteiger partial charge < -0.3 is 20.3 Å². The normalized spacial score (nSPS) is 12.5. The third-order valence-electron chi connectivity index (χ3n) is 16.8. The van der Waals surface area contributed by atoms with Crippen LogP contribution in [0.1, 0.15) is 406 Å². The van der Waals surface area contributed by atoms with E-state index >= 15 is 0 Å². The molecule has 0 bridgehead atoms. The summed E-state index contributed by atoms with van der Waals surface area (Å²) >= 11 is 0. The summed E-state index contributed by atoms with van der Waals surface area (Å²) in [5.74, 6) is -0.0169. The van der Waals surface area contributed by atoms with Gasteiger partial charge in [0.25, 0.3) is 0 Å². The van der Waals surface area contributed by atoms with E-state index in [9.17, 15) is 19.8 Å². The van der Waals surface area contributed by atoms with Crippen LogP contribution >= 0.6 is 0 Å². The number of rotatable bonds is 67. The fraction of sp³-hybridized carbons (Fsp3) is 0.944. The van der Waals surface area contributed by atoms with Crippen LogP contribution in [0.2, 0.25) is 0 Å². The van der Waals surface area contributed by atoms with Gasteiger partial charge in [0.2, 0.25) is 5.91 Å². The van der Waals surface area contributed by atoms with Crippen molar-refractivity contribution in [1.29, 1.82) is 0 Å². The van der Waals surface area contributed by atoms with Gasteiger partial charge in [-0.1, -0.05) is 353 Å². The second-order valence-corrected chi connectivity index (χ2v) is 24.6. The lowest BCUT2D eigenvalue weighted by Gasteiger charge is -2.22. The Hall–Kier alpha value is -1.40. The largest absolute Gasteiger partial charge is 0.466 e. The molecule has 0 aromatic carbocycles. The lowest BCUT2D eigenvalue weighted by atomic mass is 10.0. The fourth-order valence-corrected chi connectivity index (χ4v) is 11.4. The Bertz CT molecular complexity index is 1160. The van der Waals surface area contributed by atoms with Gasteiger partial charge in [0.1, 0.15) is 0 Å². The second kappa shape index (κ2) is 67.1. The molecule has 2 unspecified atom stereocenters. The van der Waals surface area contributed by atoms with Gasteiger partial charge in [-0.2, -0.15) is 0 Å². The van der Waals surface area contributed by atoms with Crippen molar-refractivity contribution in [1.82, 2.24) is 5.32 Å². The zero-order valence-corrected chi connectivity index (χ0v) is 52.5. The number of esters is 1. The first-order valence-electron chi connectivity index (χ1n) is 35.4. The molecule has 2 atom stereocenters. The first-order chi connectivity index (χ1) is 38.0.